The molecule has 0 saturated heterocycles. The first-order chi connectivity index (χ1) is 11.7. The first-order valence-corrected chi connectivity index (χ1v) is 7.89. The number of imidazole rings is 1. The second kappa shape index (κ2) is 6.05. The molecule has 0 spiro atoms. The Kier molecular flexibility index (Phi) is 3.74. The van der Waals surface area contributed by atoms with Crippen molar-refractivity contribution in [2.24, 2.45) is 0 Å². The molecule has 3 heterocycles. The molecule has 6 nitrogen and oxygen atoms in total. The molecule has 1 aliphatic rings. The molecular formula is C17H14ClN3O3. The summed E-state index contributed by atoms with van der Waals surface area (Å²) >= 11 is 6.10. The molecule has 24 heavy (non-hydrogen) atoms. The summed E-state index contributed by atoms with van der Waals surface area (Å²) in [5.41, 5.74) is 2.05. The van der Waals surface area contributed by atoms with Gasteiger partial charge in [-0.25, -0.2) is 4.98 Å². The van der Waals surface area contributed by atoms with Crippen molar-refractivity contribution in [1.29, 1.82) is 0 Å². The number of pyridine rings is 1. The fourth-order valence-corrected chi connectivity index (χ4v) is 2.93. The van der Waals surface area contributed by atoms with Gasteiger partial charge in [-0.2, -0.15) is 0 Å². The maximum atomic E-state index is 12.4. The van der Waals surface area contributed by atoms with Crippen molar-refractivity contribution in [3.8, 4) is 11.5 Å². The Bertz CT molecular complexity index is 923. The van der Waals surface area contributed by atoms with Crippen LogP contribution in [0.4, 0.5) is 0 Å². The van der Waals surface area contributed by atoms with Gasteiger partial charge < -0.3 is 14.8 Å². The lowest BCUT2D eigenvalue weighted by atomic mass is 10.1. The van der Waals surface area contributed by atoms with Crippen LogP contribution in [0.25, 0.3) is 5.65 Å². The molecule has 122 valence electrons. The molecular weight excluding hydrogens is 330 g/mol. The van der Waals surface area contributed by atoms with E-state index in [2.05, 4.69) is 10.3 Å². The number of nitrogens with one attached hydrogen (secondary N) is 1. The van der Waals surface area contributed by atoms with E-state index in [1.54, 1.807) is 16.7 Å². The van der Waals surface area contributed by atoms with Crippen LogP contribution in [-0.4, -0.2) is 28.6 Å². The van der Waals surface area contributed by atoms with Crippen LogP contribution in [0, 0.1) is 0 Å². The van der Waals surface area contributed by atoms with E-state index in [1.165, 1.54) is 0 Å². The molecule has 1 N–H and O–H groups in total. The van der Waals surface area contributed by atoms with Crippen LogP contribution in [0.3, 0.4) is 0 Å². The summed E-state index contributed by atoms with van der Waals surface area (Å²) in [6.45, 7) is 0.733. The zero-order chi connectivity index (χ0) is 16.5. The van der Waals surface area contributed by atoms with Gasteiger partial charge in [0.1, 0.15) is 5.65 Å². The highest BCUT2D eigenvalue weighted by Gasteiger charge is 2.17. The van der Waals surface area contributed by atoms with Crippen LogP contribution in [0.15, 0.2) is 42.6 Å². The van der Waals surface area contributed by atoms with E-state index in [9.17, 15) is 4.79 Å². The summed E-state index contributed by atoms with van der Waals surface area (Å²) in [6.07, 6.45) is 2.44. The molecule has 0 radical (unpaired) electrons. The highest BCUT2D eigenvalue weighted by molar-refractivity contribution is 6.32. The molecule has 1 aliphatic heterocycles. The Labute approximate surface area is 143 Å². The summed E-state index contributed by atoms with van der Waals surface area (Å²) in [4.78, 5) is 16.6. The number of halogens is 1. The fraction of sp³-hybridized carbons (Fsp3) is 0.176. The van der Waals surface area contributed by atoms with Gasteiger partial charge >= 0.3 is 0 Å². The van der Waals surface area contributed by atoms with Crippen molar-refractivity contribution in [3.05, 3.63) is 59.0 Å². The largest absolute Gasteiger partial charge is 0.454 e. The number of carbonyl (C=O) groups excluding carboxylic acids is 1. The summed E-state index contributed by atoms with van der Waals surface area (Å²) < 4.78 is 12.3. The molecule has 0 aliphatic carbocycles. The molecule has 1 amide bonds. The third kappa shape index (κ3) is 2.65. The van der Waals surface area contributed by atoms with Gasteiger partial charge in [0, 0.05) is 12.7 Å². The first kappa shape index (κ1) is 14.8. The number of benzene rings is 1. The van der Waals surface area contributed by atoms with Gasteiger partial charge in [0.2, 0.25) is 6.79 Å². The molecule has 0 fully saturated rings. The number of ether oxygens (including phenoxy) is 2. The number of nitrogens with zero attached hydrogens (tertiary/aromatic N) is 2. The zero-order valence-electron chi connectivity index (χ0n) is 12.7. The fourth-order valence-electron chi connectivity index (χ4n) is 2.67. The average molecular weight is 344 g/mol. The molecule has 7 heteroatoms. The monoisotopic (exact) mass is 343 g/mol. The Balaban J connectivity index is 1.44. The number of aromatic nitrogens is 2. The van der Waals surface area contributed by atoms with Crippen LogP contribution >= 0.6 is 11.6 Å². The maximum Gasteiger partial charge on any atom is 0.271 e. The van der Waals surface area contributed by atoms with E-state index in [4.69, 9.17) is 21.1 Å². The standard InChI is InChI=1S/C17H14ClN3O3/c18-16-15(21-8-2-1-3-14(21)20-16)17(22)19-7-6-11-4-5-12-13(9-11)24-10-23-12/h1-5,8-9H,6-7,10H2,(H,19,22). The van der Waals surface area contributed by atoms with Crippen molar-refractivity contribution in [2.75, 3.05) is 13.3 Å². The first-order valence-electron chi connectivity index (χ1n) is 7.52. The van der Waals surface area contributed by atoms with E-state index in [0.717, 1.165) is 17.1 Å². The predicted molar refractivity (Wildman–Crippen MR) is 88.8 cm³/mol. The Hall–Kier alpha value is -2.73. The Morgan fingerprint density at radius 1 is 1.25 bits per heavy atom. The number of fused-ring (bicyclic) bond motifs is 2. The van der Waals surface area contributed by atoms with Crippen LogP contribution in [0.2, 0.25) is 5.15 Å². The summed E-state index contributed by atoms with van der Waals surface area (Å²) in [5, 5.41) is 3.07. The molecule has 2 aromatic heterocycles. The Morgan fingerprint density at radius 2 is 2.12 bits per heavy atom. The van der Waals surface area contributed by atoms with E-state index in [1.807, 2.05) is 30.3 Å². The number of carbonyl (C=O) groups is 1. The van der Waals surface area contributed by atoms with Gasteiger partial charge in [-0.05, 0) is 36.2 Å². The van der Waals surface area contributed by atoms with Crippen molar-refractivity contribution in [1.82, 2.24) is 14.7 Å². The molecule has 0 atom stereocenters. The SMILES string of the molecule is O=C(NCCc1ccc2c(c1)OCO2)c1c(Cl)nc2ccccn12. The lowest BCUT2D eigenvalue weighted by Crippen LogP contribution is -2.27. The number of hydrogen-bond donors (Lipinski definition) is 1. The highest BCUT2D eigenvalue weighted by atomic mass is 35.5. The predicted octanol–water partition coefficient (Wildman–Crippen LogP) is 2.69. The van der Waals surface area contributed by atoms with E-state index in [-0.39, 0.29) is 17.9 Å². The summed E-state index contributed by atoms with van der Waals surface area (Å²) in [6, 6.07) is 11.2. The minimum atomic E-state index is -0.251. The van der Waals surface area contributed by atoms with Crippen molar-refractivity contribution in [2.45, 2.75) is 6.42 Å². The summed E-state index contributed by atoms with van der Waals surface area (Å²) in [7, 11) is 0. The molecule has 1 aromatic carbocycles. The van der Waals surface area contributed by atoms with Gasteiger partial charge in [-0.3, -0.25) is 9.20 Å². The minimum Gasteiger partial charge on any atom is -0.454 e. The average Bonchev–Trinajstić information content (AvgIpc) is 3.17. The van der Waals surface area contributed by atoms with Gasteiger partial charge in [0.25, 0.3) is 5.91 Å². The molecule has 0 bridgehead atoms. The van der Waals surface area contributed by atoms with E-state index in [0.29, 0.717) is 24.3 Å². The number of amides is 1. The van der Waals surface area contributed by atoms with Crippen LogP contribution in [-0.2, 0) is 6.42 Å². The van der Waals surface area contributed by atoms with Crippen molar-refractivity contribution in [3.63, 3.8) is 0 Å². The van der Waals surface area contributed by atoms with Crippen molar-refractivity contribution < 1.29 is 14.3 Å². The lowest BCUT2D eigenvalue weighted by molar-refractivity contribution is 0.0948. The smallest absolute Gasteiger partial charge is 0.271 e. The van der Waals surface area contributed by atoms with Gasteiger partial charge in [-0.15, -0.1) is 0 Å². The highest BCUT2D eigenvalue weighted by Crippen LogP contribution is 2.32. The molecule has 0 unspecified atom stereocenters. The zero-order valence-corrected chi connectivity index (χ0v) is 13.4. The molecule has 0 saturated carbocycles. The van der Waals surface area contributed by atoms with Crippen molar-refractivity contribution >= 4 is 23.2 Å². The topological polar surface area (TPSA) is 64.9 Å². The van der Waals surface area contributed by atoms with Gasteiger partial charge in [0.05, 0.1) is 0 Å². The van der Waals surface area contributed by atoms with E-state index >= 15 is 0 Å². The molecule has 4 rings (SSSR count). The quantitative estimate of drug-likeness (QED) is 0.791. The maximum absolute atomic E-state index is 12.4. The number of rotatable bonds is 4. The van der Waals surface area contributed by atoms with Crippen LogP contribution < -0.4 is 14.8 Å². The molecule has 3 aromatic rings. The second-order valence-corrected chi connectivity index (χ2v) is 5.73. The van der Waals surface area contributed by atoms with Crippen LogP contribution in [0.5, 0.6) is 11.5 Å². The lowest BCUT2D eigenvalue weighted by Gasteiger charge is -2.06. The normalized spacial score (nSPS) is 12.5. The third-order valence-electron chi connectivity index (χ3n) is 3.84. The Morgan fingerprint density at radius 3 is 3.04 bits per heavy atom. The number of hydrogen-bond acceptors (Lipinski definition) is 4. The van der Waals surface area contributed by atoms with Crippen LogP contribution in [0.1, 0.15) is 16.1 Å². The third-order valence-corrected chi connectivity index (χ3v) is 4.10. The second-order valence-electron chi connectivity index (χ2n) is 5.37. The van der Waals surface area contributed by atoms with Gasteiger partial charge in [-0.1, -0.05) is 23.7 Å². The van der Waals surface area contributed by atoms with E-state index < -0.39 is 0 Å². The minimum absolute atomic E-state index is 0.196. The van der Waals surface area contributed by atoms with Gasteiger partial charge in [0.15, 0.2) is 22.3 Å². The summed E-state index contributed by atoms with van der Waals surface area (Å²) in [5.74, 6) is 1.24.